The van der Waals surface area contributed by atoms with E-state index in [9.17, 15) is 4.79 Å². The minimum Gasteiger partial charge on any atom is -0.444 e. The molecule has 2 fully saturated rings. The van der Waals surface area contributed by atoms with E-state index in [0.29, 0.717) is 6.54 Å². The van der Waals surface area contributed by atoms with E-state index in [1.54, 1.807) is 0 Å². The lowest BCUT2D eigenvalue weighted by atomic mass is 10.1. The maximum absolute atomic E-state index is 12.4. The summed E-state index contributed by atoms with van der Waals surface area (Å²) < 4.78 is 10.9. The van der Waals surface area contributed by atoms with Crippen LogP contribution in [0.15, 0.2) is 18.2 Å². The molecule has 0 spiro atoms. The van der Waals surface area contributed by atoms with Gasteiger partial charge >= 0.3 is 6.09 Å². The monoisotopic (exact) mass is 409 g/mol. The van der Waals surface area contributed by atoms with Crippen molar-refractivity contribution < 1.29 is 14.3 Å². The van der Waals surface area contributed by atoms with Crippen LogP contribution in [-0.2, 0) is 16.0 Å². The van der Waals surface area contributed by atoms with Crippen molar-refractivity contribution in [3.8, 4) is 0 Å². The molecule has 1 aromatic rings. The highest BCUT2D eigenvalue weighted by atomic mass is 35.5. The van der Waals surface area contributed by atoms with Crippen LogP contribution in [0.1, 0.15) is 33.3 Å². The van der Waals surface area contributed by atoms with Crippen molar-refractivity contribution in [2.75, 3.05) is 50.8 Å². The standard InChI is InChI=1S/C21H32ClN3O3/c1-16-14-23(7-8-25(16)20(26)28-21(2,3)4)15-17-5-6-18(13-19(17)22)24-9-11-27-12-10-24/h5-6,13,16H,7-12,14-15H2,1-4H3. The van der Waals surface area contributed by atoms with Gasteiger partial charge in [0.05, 0.1) is 13.2 Å². The predicted octanol–water partition coefficient (Wildman–Crippen LogP) is 3.62. The number of hydrogen-bond acceptors (Lipinski definition) is 5. The molecular weight excluding hydrogens is 378 g/mol. The molecule has 2 heterocycles. The van der Waals surface area contributed by atoms with Gasteiger partial charge in [0, 0.05) is 56.0 Å². The minimum atomic E-state index is -0.469. The Kier molecular flexibility index (Phi) is 6.73. The molecular formula is C21H32ClN3O3. The summed E-state index contributed by atoms with van der Waals surface area (Å²) in [4.78, 5) is 18.9. The van der Waals surface area contributed by atoms with E-state index in [-0.39, 0.29) is 12.1 Å². The third-order valence-electron chi connectivity index (χ3n) is 5.15. The molecule has 0 aromatic heterocycles. The second-order valence-corrected chi connectivity index (χ2v) is 9.04. The van der Waals surface area contributed by atoms with Gasteiger partial charge in [-0.3, -0.25) is 4.90 Å². The maximum atomic E-state index is 12.4. The molecule has 6 nitrogen and oxygen atoms in total. The van der Waals surface area contributed by atoms with Gasteiger partial charge in [0.15, 0.2) is 0 Å². The van der Waals surface area contributed by atoms with Gasteiger partial charge in [-0.15, -0.1) is 0 Å². The predicted molar refractivity (Wildman–Crippen MR) is 112 cm³/mol. The SMILES string of the molecule is CC1CN(Cc2ccc(N3CCOCC3)cc2Cl)CCN1C(=O)OC(C)(C)C. The minimum absolute atomic E-state index is 0.106. The van der Waals surface area contributed by atoms with Crippen molar-refractivity contribution in [3.05, 3.63) is 28.8 Å². The Morgan fingerprint density at radius 2 is 1.93 bits per heavy atom. The van der Waals surface area contributed by atoms with Crippen LogP contribution >= 0.6 is 11.6 Å². The van der Waals surface area contributed by atoms with Crippen molar-refractivity contribution in [3.63, 3.8) is 0 Å². The Labute approximate surface area is 173 Å². The molecule has 3 rings (SSSR count). The average molecular weight is 410 g/mol. The lowest BCUT2D eigenvalue weighted by Crippen LogP contribution is -2.54. The van der Waals surface area contributed by atoms with Crippen molar-refractivity contribution >= 4 is 23.4 Å². The van der Waals surface area contributed by atoms with E-state index < -0.39 is 5.60 Å². The number of nitrogens with zero attached hydrogens (tertiary/aromatic N) is 3. The molecule has 1 aromatic carbocycles. The van der Waals surface area contributed by atoms with Gasteiger partial charge in [-0.1, -0.05) is 17.7 Å². The van der Waals surface area contributed by atoms with Gasteiger partial charge in [-0.25, -0.2) is 4.79 Å². The topological polar surface area (TPSA) is 45.2 Å². The number of piperazine rings is 1. The Morgan fingerprint density at radius 1 is 1.21 bits per heavy atom. The largest absolute Gasteiger partial charge is 0.444 e. The molecule has 0 N–H and O–H groups in total. The zero-order chi connectivity index (χ0) is 20.3. The van der Waals surface area contributed by atoms with E-state index in [1.807, 2.05) is 25.7 Å². The van der Waals surface area contributed by atoms with Crippen molar-refractivity contribution in [2.45, 2.75) is 45.9 Å². The highest BCUT2D eigenvalue weighted by Crippen LogP contribution is 2.26. The molecule has 156 valence electrons. The summed E-state index contributed by atoms with van der Waals surface area (Å²) in [5.41, 5.74) is 1.81. The molecule has 1 atom stereocenters. The molecule has 0 bridgehead atoms. The number of hydrogen-bond donors (Lipinski definition) is 0. The van der Waals surface area contributed by atoms with E-state index >= 15 is 0 Å². The lowest BCUT2D eigenvalue weighted by molar-refractivity contribution is 0.000562. The first-order valence-electron chi connectivity index (χ1n) is 10.1. The molecule has 28 heavy (non-hydrogen) atoms. The Balaban J connectivity index is 1.57. The van der Waals surface area contributed by atoms with E-state index in [4.69, 9.17) is 21.1 Å². The molecule has 7 heteroatoms. The number of carbonyl (C=O) groups excluding carboxylic acids is 1. The fourth-order valence-electron chi connectivity index (χ4n) is 3.69. The van der Waals surface area contributed by atoms with Crippen LogP contribution in [-0.4, -0.2) is 73.5 Å². The van der Waals surface area contributed by atoms with Crippen LogP contribution in [0.4, 0.5) is 10.5 Å². The number of morpholine rings is 1. The van der Waals surface area contributed by atoms with E-state index in [0.717, 1.165) is 62.2 Å². The number of anilines is 1. The molecule has 2 aliphatic rings. The zero-order valence-electron chi connectivity index (χ0n) is 17.4. The lowest BCUT2D eigenvalue weighted by Gasteiger charge is -2.40. The van der Waals surface area contributed by atoms with Crippen molar-refractivity contribution in [2.24, 2.45) is 0 Å². The van der Waals surface area contributed by atoms with Crippen LogP contribution in [0.3, 0.4) is 0 Å². The zero-order valence-corrected chi connectivity index (χ0v) is 18.2. The normalized spacial score (nSPS) is 21.7. The molecule has 2 saturated heterocycles. The Bertz CT molecular complexity index is 686. The van der Waals surface area contributed by atoms with Gasteiger partial charge in [0.1, 0.15) is 5.60 Å². The average Bonchev–Trinajstić information content (AvgIpc) is 2.62. The fraction of sp³-hybridized carbons (Fsp3) is 0.667. The summed E-state index contributed by atoms with van der Waals surface area (Å²) >= 11 is 6.59. The third kappa shape index (κ3) is 5.52. The fourth-order valence-corrected chi connectivity index (χ4v) is 3.93. The van der Waals surface area contributed by atoms with Crippen molar-refractivity contribution in [1.82, 2.24) is 9.80 Å². The molecule has 1 amide bonds. The first-order valence-corrected chi connectivity index (χ1v) is 10.4. The smallest absolute Gasteiger partial charge is 0.410 e. The Morgan fingerprint density at radius 3 is 2.54 bits per heavy atom. The van der Waals surface area contributed by atoms with Crippen LogP contribution in [0, 0.1) is 0 Å². The van der Waals surface area contributed by atoms with Gasteiger partial charge < -0.3 is 19.3 Å². The summed E-state index contributed by atoms with van der Waals surface area (Å²) in [5.74, 6) is 0. The number of carbonyl (C=O) groups is 1. The Hall–Kier alpha value is -1.50. The first-order chi connectivity index (χ1) is 13.2. The van der Waals surface area contributed by atoms with E-state index in [1.165, 1.54) is 0 Å². The van der Waals surface area contributed by atoms with Crippen LogP contribution < -0.4 is 4.90 Å². The van der Waals surface area contributed by atoms with Gasteiger partial charge in [0.2, 0.25) is 0 Å². The summed E-state index contributed by atoms with van der Waals surface area (Å²) in [6.07, 6.45) is -0.229. The van der Waals surface area contributed by atoms with Crippen LogP contribution in [0.2, 0.25) is 5.02 Å². The number of rotatable bonds is 3. The van der Waals surface area contributed by atoms with Crippen molar-refractivity contribution in [1.29, 1.82) is 0 Å². The van der Waals surface area contributed by atoms with Gasteiger partial charge in [-0.05, 0) is 45.4 Å². The van der Waals surface area contributed by atoms with Gasteiger partial charge in [-0.2, -0.15) is 0 Å². The molecule has 2 aliphatic heterocycles. The number of ether oxygens (including phenoxy) is 2. The highest BCUT2D eigenvalue weighted by molar-refractivity contribution is 6.31. The molecule has 1 unspecified atom stereocenters. The quantitative estimate of drug-likeness (QED) is 0.762. The van der Waals surface area contributed by atoms with Crippen LogP contribution in [0.5, 0.6) is 0 Å². The van der Waals surface area contributed by atoms with Gasteiger partial charge in [0.25, 0.3) is 0 Å². The maximum Gasteiger partial charge on any atom is 0.410 e. The second-order valence-electron chi connectivity index (χ2n) is 8.63. The van der Waals surface area contributed by atoms with Crippen LogP contribution in [0.25, 0.3) is 0 Å². The summed E-state index contributed by atoms with van der Waals surface area (Å²) in [5, 5.41) is 0.797. The summed E-state index contributed by atoms with van der Waals surface area (Å²) in [6, 6.07) is 6.43. The third-order valence-corrected chi connectivity index (χ3v) is 5.50. The molecule has 0 radical (unpaired) electrons. The molecule has 0 aliphatic carbocycles. The highest BCUT2D eigenvalue weighted by Gasteiger charge is 2.31. The number of halogens is 1. The first kappa shape index (κ1) is 21.2. The summed E-state index contributed by atoms with van der Waals surface area (Å²) in [6.45, 7) is 14.2. The summed E-state index contributed by atoms with van der Waals surface area (Å²) in [7, 11) is 0. The number of amides is 1. The van der Waals surface area contributed by atoms with E-state index in [2.05, 4.69) is 34.9 Å². The second kappa shape index (κ2) is 8.89. The number of benzene rings is 1. The molecule has 0 saturated carbocycles.